The van der Waals surface area contributed by atoms with Crippen LogP contribution >= 0.6 is 0 Å². The van der Waals surface area contributed by atoms with Gasteiger partial charge < -0.3 is 19.3 Å². The second kappa shape index (κ2) is 8.74. The number of piperidine rings is 1. The van der Waals surface area contributed by atoms with E-state index in [1.807, 2.05) is 16.7 Å². The predicted molar refractivity (Wildman–Crippen MR) is 103 cm³/mol. The molecule has 6 nitrogen and oxygen atoms in total. The van der Waals surface area contributed by atoms with E-state index in [2.05, 4.69) is 13.8 Å². The smallest absolute Gasteiger partial charge is 0.260 e. The van der Waals surface area contributed by atoms with Gasteiger partial charge in [-0.05, 0) is 64.3 Å². The fraction of sp³-hybridized carbons (Fsp3) is 0.619. The van der Waals surface area contributed by atoms with Crippen molar-refractivity contribution in [1.82, 2.24) is 9.80 Å². The van der Waals surface area contributed by atoms with Crippen molar-refractivity contribution < 1.29 is 19.1 Å². The number of morpholine rings is 1. The highest BCUT2D eigenvalue weighted by molar-refractivity contribution is 5.94. The third-order valence-corrected chi connectivity index (χ3v) is 5.57. The molecule has 0 aliphatic carbocycles. The number of amides is 2. The first-order valence-corrected chi connectivity index (χ1v) is 9.90. The Balaban J connectivity index is 1.56. The van der Waals surface area contributed by atoms with Gasteiger partial charge in [0.05, 0.1) is 19.3 Å². The molecule has 6 heteroatoms. The van der Waals surface area contributed by atoms with Gasteiger partial charge in [-0.3, -0.25) is 9.59 Å². The molecule has 2 amide bonds. The fourth-order valence-electron chi connectivity index (χ4n) is 4.02. The van der Waals surface area contributed by atoms with Gasteiger partial charge in [0, 0.05) is 24.2 Å². The van der Waals surface area contributed by atoms with Crippen LogP contribution in [-0.2, 0) is 9.53 Å². The zero-order valence-electron chi connectivity index (χ0n) is 16.5. The molecule has 27 heavy (non-hydrogen) atoms. The minimum absolute atomic E-state index is 0.00407. The van der Waals surface area contributed by atoms with Gasteiger partial charge in [0.2, 0.25) is 0 Å². The van der Waals surface area contributed by atoms with Crippen LogP contribution in [0, 0.1) is 0 Å². The van der Waals surface area contributed by atoms with Crippen molar-refractivity contribution in [3.05, 3.63) is 29.8 Å². The molecular formula is C21H30N2O4. The maximum Gasteiger partial charge on any atom is 0.260 e. The summed E-state index contributed by atoms with van der Waals surface area (Å²) in [4.78, 5) is 29.0. The lowest BCUT2D eigenvalue weighted by molar-refractivity contribution is -0.139. The van der Waals surface area contributed by atoms with E-state index in [-0.39, 0.29) is 36.5 Å². The molecule has 2 saturated heterocycles. The molecule has 0 aromatic heterocycles. The van der Waals surface area contributed by atoms with Crippen LogP contribution in [-0.4, -0.2) is 66.1 Å². The van der Waals surface area contributed by atoms with Crippen molar-refractivity contribution in [2.24, 2.45) is 0 Å². The predicted octanol–water partition coefficient (Wildman–Crippen LogP) is 2.72. The van der Waals surface area contributed by atoms with Crippen LogP contribution in [0.2, 0.25) is 0 Å². The number of carbonyl (C=O) groups is 2. The largest absolute Gasteiger partial charge is 0.484 e. The molecule has 0 unspecified atom stereocenters. The van der Waals surface area contributed by atoms with E-state index in [9.17, 15) is 9.59 Å². The molecule has 0 spiro atoms. The number of carbonyl (C=O) groups excluding carboxylic acids is 2. The Hall–Kier alpha value is -2.08. The molecule has 2 fully saturated rings. The van der Waals surface area contributed by atoms with E-state index in [1.54, 1.807) is 24.3 Å². The van der Waals surface area contributed by atoms with Gasteiger partial charge in [-0.25, -0.2) is 0 Å². The number of benzene rings is 1. The Bertz CT molecular complexity index is 651. The molecule has 0 radical (unpaired) electrons. The summed E-state index contributed by atoms with van der Waals surface area (Å²) in [6.45, 7) is 7.97. The van der Waals surface area contributed by atoms with Crippen molar-refractivity contribution >= 4 is 11.8 Å². The van der Waals surface area contributed by atoms with Crippen LogP contribution in [0.1, 0.15) is 50.4 Å². The molecule has 1 aromatic carbocycles. The summed E-state index contributed by atoms with van der Waals surface area (Å²) in [7, 11) is 0. The zero-order chi connectivity index (χ0) is 19.4. The maximum atomic E-state index is 12.6. The molecule has 0 bridgehead atoms. The summed E-state index contributed by atoms with van der Waals surface area (Å²) >= 11 is 0. The van der Waals surface area contributed by atoms with Crippen LogP contribution < -0.4 is 4.74 Å². The molecule has 0 N–H and O–H groups in total. The summed E-state index contributed by atoms with van der Waals surface area (Å²) in [6.07, 6.45) is 3.27. The first-order chi connectivity index (χ1) is 13.0. The number of hydrogen-bond acceptors (Lipinski definition) is 4. The Morgan fingerprint density at radius 2 is 1.74 bits per heavy atom. The van der Waals surface area contributed by atoms with Gasteiger partial charge in [-0.15, -0.1) is 0 Å². The van der Waals surface area contributed by atoms with Crippen molar-refractivity contribution in [3.8, 4) is 5.75 Å². The number of hydrogen-bond donors (Lipinski definition) is 0. The Kier molecular flexibility index (Phi) is 6.37. The highest BCUT2D eigenvalue weighted by atomic mass is 16.5. The highest BCUT2D eigenvalue weighted by Gasteiger charge is 2.29. The molecule has 2 heterocycles. The second-order valence-electron chi connectivity index (χ2n) is 7.67. The fourth-order valence-corrected chi connectivity index (χ4v) is 4.02. The summed E-state index contributed by atoms with van der Waals surface area (Å²) in [6, 6.07) is 7.64. The lowest BCUT2D eigenvalue weighted by Crippen LogP contribution is -2.49. The summed E-state index contributed by atoms with van der Waals surface area (Å²) in [5.41, 5.74) is 0.626. The van der Waals surface area contributed by atoms with Crippen molar-refractivity contribution in [2.75, 3.05) is 26.4 Å². The van der Waals surface area contributed by atoms with Crippen LogP contribution in [0.5, 0.6) is 5.75 Å². The van der Waals surface area contributed by atoms with Gasteiger partial charge in [-0.1, -0.05) is 0 Å². The number of nitrogens with zero attached hydrogens (tertiary/aromatic N) is 2. The monoisotopic (exact) mass is 374 g/mol. The number of rotatable bonds is 4. The van der Waals surface area contributed by atoms with Gasteiger partial charge in [-0.2, -0.15) is 0 Å². The summed E-state index contributed by atoms with van der Waals surface area (Å²) < 4.78 is 11.1. The topological polar surface area (TPSA) is 59.1 Å². The van der Waals surface area contributed by atoms with E-state index in [4.69, 9.17) is 9.47 Å². The lowest BCUT2D eigenvalue weighted by atomic mass is 9.97. The van der Waals surface area contributed by atoms with E-state index in [0.717, 1.165) is 12.8 Å². The van der Waals surface area contributed by atoms with Crippen LogP contribution in [0.4, 0.5) is 0 Å². The summed E-state index contributed by atoms with van der Waals surface area (Å²) in [5.74, 6) is 0.633. The molecule has 1 aromatic rings. The highest BCUT2D eigenvalue weighted by Crippen LogP contribution is 2.23. The second-order valence-corrected chi connectivity index (χ2v) is 7.67. The average molecular weight is 374 g/mol. The van der Waals surface area contributed by atoms with Crippen LogP contribution in [0.15, 0.2) is 24.3 Å². The molecular weight excluding hydrogens is 344 g/mol. The van der Waals surface area contributed by atoms with E-state index < -0.39 is 0 Å². The Morgan fingerprint density at radius 1 is 1.07 bits per heavy atom. The van der Waals surface area contributed by atoms with Gasteiger partial charge in [0.15, 0.2) is 6.61 Å². The molecule has 148 valence electrons. The Morgan fingerprint density at radius 3 is 2.37 bits per heavy atom. The third-order valence-electron chi connectivity index (χ3n) is 5.57. The van der Waals surface area contributed by atoms with Gasteiger partial charge in [0.1, 0.15) is 5.75 Å². The van der Waals surface area contributed by atoms with Crippen molar-refractivity contribution in [2.45, 2.75) is 58.2 Å². The van der Waals surface area contributed by atoms with E-state index >= 15 is 0 Å². The quantitative estimate of drug-likeness (QED) is 0.813. The average Bonchev–Trinajstić information content (AvgIpc) is 2.66. The first kappa shape index (κ1) is 19.7. The van der Waals surface area contributed by atoms with Crippen molar-refractivity contribution in [1.29, 1.82) is 0 Å². The minimum atomic E-state index is 0.00407. The minimum Gasteiger partial charge on any atom is -0.484 e. The third kappa shape index (κ3) is 4.61. The van der Waals surface area contributed by atoms with E-state index in [0.29, 0.717) is 31.1 Å². The van der Waals surface area contributed by atoms with Crippen LogP contribution in [0.3, 0.4) is 0 Å². The van der Waals surface area contributed by atoms with Gasteiger partial charge in [0.25, 0.3) is 11.8 Å². The van der Waals surface area contributed by atoms with Crippen LogP contribution in [0.25, 0.3) is 0 Å². The molecule has 3 atom stereocenters. The van der Waals surface area contributed by atoms with E-state index in [1.165, 1.54) is 6.42 Å². The first-order valence-electron chi connectivity index (χ1n) is 9.90. The maximum absolute atomic E-state index is 12.6. The number of ether oxygens (including phenoxy) is 2. The molecule has 0 saturated carbocycles. The van der Waals surface area contributed by atoms with Gasteiger partial charge >= 0.3 is 0 Å². The zero-order valence-corrected chi connectivity index (χ0v) is 16.5. The molecule has 2 aliphatic heterocycles. The molecule has 2 aliphatic rings. The lowest BCUT2D eigenvalue weighted by Gasteiger charge is -2.39. The standard InChI is InChI=1S/C21H30N2O4/c1-15-5-4-6-16(2)23(15)20(24)14-27-19-9-7-18(8-10-19)21(25)22-11-12-26-13-17(22)3/h7-10,15-17H,4-6,11-14H2,1-3H3/t15-,16-,17-/m1/s1. The SMILES string of the molecule is C[C@@H]1COCCN1C(=O)c1ccc(OCC(=O)N2[C@H](C)CCC[C@H]2C)cc1. The Labute approximate surface area is 161 Å². The molecule has 3 rings (SSSR count). The normalized spacial score (nSPS) is 26.0. The summed E-state index contributed by atoms with van der Waals surface area (Å²) in [5, 5.41) is 0. The number of likely N-dealkylation sites (tertiary alicyclic amines) is 1. The van der Waals surface area contributed by atoms with Crippen molar-refractivity contribution in [3.63, 3.8) is 0 Å².